The van der Waals surface area contributed by atoms with E-state index in [2.05, 4.69) is 6.58 Å². The SMILES string of the molecule is C=CCC1(C)OC=CO1. The molecule has 0 aliphatic carbocycles. The van der Waals surface area contributed by atoms with Crippen molar-refractivity contribution < 1.29 is 9.47 Å². The molecule has 2 heteroatoms. The van der Waals surface area contributed by atoms with Crippen LogP contribution >= 0.6 is 0 Å². The molecule has 0 spiro atoms. The summed E-state index contributed by atoms with van der Waals surface area (Å²) in [6.45, 7) is 5.45. The predicted molar refractivity (Wildman–Crippen MR) is 34.5 cm³/mol. The first-order valence-electron chi connectivity index (χ1n) is 2.88. The van der Waals surface area contributed by atoms with Gasteiger partial charge >= 0.3 is 0 Å². The first-order valence-corrected chi connectivity index (χ1v) is 2.88. The fourth-order valence-corrected chi connectivity index (χ4v) is 0.730. The first kappa shape index (κ1) is 6.20. The van der Waals surface area contributed by atoms with Gasteiger partial charge in [0.15, 0.2) is 0 Å². The molecule has 0 aromatic carbocycles. The van der Waals surface area contributed by atoms with Crippen molar-refractivity contribution in [3.05, 3.63) is 25.2 Å². The van der Waals surface area contributed by atoms with Crippen molar-refractivity contribution in [1.29, 1.82) is 0 Å². The fraction of sp³-hybridized carbons (Fsp3) is 0.429. The quantitative estimate of drug-likeness (QED) is 0.525. The summed E-state index contributed by atoms with van der Waals surface area (Å²) in [5.41, 5.74) is 0. The van der Waals surface area contributed by atoms with Gasteiger partial charge in [0.25, 0.3) is 0 Å². The molecule has 0 aromatic heterocycles. The average Bonchev–Trinajstić information content (AvgIpc) is 2.16. The van der Waals surface area contributed by atoms with Crippen LogP contribution in [0.5, 0.6) is 0 Å². The predicted octanol–water partition coefficient (Wildman–Crippen LogP) is 1.80. The summed E-state index contributed by atoms with van der Waals surface area (Å²) in [7, 11) is 0. The van der Waals surface area contributed by atoms with E-state index >= 15 is 0 Å². The lowest BCUT2D eigenvalue weighted by molar-refractivity contribution is -0.122. The van der Waals surface area contributed by atoms with Gasteiger partial charge in [-0.1, -0.05) is 6.08 Å². The topological polar surface area (TPSA) is 18.5 Å². The lowest BCUT2D eigenvalue weighted by Gasteiger charge is -2.20. The van der Waals surface area contributed by atoms with E-state index in [-0.39, 0.29) is 0 Å². The van der Waals surface area contributed by atoms with Gasteiger partial charge in [-0.25, -0.2) is 0 Å². The highest BCUT2D eigenvalue weighted by Gasteiger charge is 2.26. The zero-order chi connectivity index (χ0) is 6.74. The molecule has 0 radical (unpaired) electrons. The largest absolute Gasteiger partial charge is 0.457 e. The van der Waals surface area contributed by atoms with Gasteiger partial charge in [0.05, 0.1) is 0 Å². The molecule has 50 valence electrons. The lowest BCUT2D eigenvalue weighted by atomic mass is 10.2. The van der Waals surface area contributed by atoms with E-state index in [9.17, 15) is 0 Å². The number of rotatable bonds is 2. The molecule has 2 nitrogen and oxygen atoms in total. The summed E-state index contributed by atoms with van der Waals surface area (Å²) < 4.78 is 10.2. The molecule has 0 bridgehead atoms. The summed E-state index contributed by atoms with van der Waals surface area (Å²) in [5, 5.41) is 0. The van der Waals surface area contributed by atoms with Crippen molar-refractivity contribution in [1.82, 2.24) is 0 Å². The van der Waals surface area contributed by atoms with Gasteiger partial charge in [-0.3, -0.25) is 0 Å². The molecule has 0 saturated heterocycles. The van der Waals surface area contributed by atoms with Crippen LogP contribution in [0.25, 0.3) is 0 Å². The molecule has 1 aliphatic heterocycles. The summed E-state index contributed by atoms with van der Waals surface area (Å²) >= 11 is 0. The van der Waals surface area contributed by atoms with Crippen LogP contribution in [0.2, 0.25) is 0 Å². The van der Waals surface area contributed by atoms with Gasteiger partial charge in [-0.2, -0.15) is 0 Å². The number of hydrogen-bond donors (Lipinski definition) is 0. The Labute approximate surface area is 54.8 Å². The third-order valence-corrected chi connectivity index (χ3v) is 1.21. The van der Waals surface area contributed by atoms with Crippen LogP contribution in [0.15, 0.2) is 25.2 Å². The highest BCUT2D eigenvalue weighted by Crippen LogP contribution is 2.22. The van der Waals surface area contributed by atoms with Crippen molar-refractivity contribution in [2.24, 2.45) is 0 Å². The van der Waals surface area contributed by atoms with Gasteiger partial charge < -0.3 is 9.47 Å². The summed E-state index contributed by atoms with van der Waals surface area (Å²) in [6.07, 6.45) is 5.57. The second kappa shape index (κ2) is 2.13. The fourth-order valence-electron chi connectivity index (χ4n) is 0.730. The van der Waals surface area contributed by atoms with Crippen molar-refractivity contribution in [3.63, 3.8) is 0 Å². The van der Waals surface area contributed by atoms with Gasteiger partial charge in [0.1, 0.15) is 12.5 Å². The Morgan fingerprint density at radius 3 is 2.56 bits per heavy atom. The second-order valence-corrected chi connectivity index (χ2v) is 2.13. The minimum atomic E-state index is -0.484. The van der Waals surface area contributed by atoms with Crippen LogP contribution in [0.4, 0.5) is 0 Å². The van der Waals surface area contributed by atoms with Crippen LogP contribution in [0, 0.1) is 0 Å². The lowest BCUT2D eigenvalue weighted by Crippen LogP contribution is -2.23. The molecule has 0 amide bonds. The zero-order valence-corrected chi connectivity index (χ0v) is 5.46. The summed E-state index contributed by atoms with van der Waals surface area (Å²) in [5.74, 6) is -0.484. The number of hydrogen-bond acceptors (Lipinski definition) is 2. The van der Waals surface area contributed by atoms with E-state index < -0.39 is 5.79 Å². The van der Waals surface area contributed by atoms with E-state index in [4.69, 9.17) is 9.47 Å². The highest BCUT2D eigenvalue weighted by molar-refractivity contribution is 4.85. The van der Waals surface area contributed by atoms with Crippen molar-refractivity contribution in [2.45, 2.75) is 19.1 Å². The van der Waals surface area contributed by atoms with Crippen LogP contribution in [0.1, 0.15) is 13.3 Å². The van der Waals surface area contributed by atoms with Crippen molar-refractivity contribution in [3.8, 4) is 0 Å². The maximum Gasteiger partial charge on any atom is 0.250 e. The Kier molecular flexibility index (Phi) is 1.47. The summed E-state index contributed by atoms with van der Waals surface area (Å²) in [6, 6.07) is 0. The third kappa shape index (κ3) is 1.25. The second-order valence-electron chi connectivity index (χ2n) is 2.13. The Hall–Kier alpha value is -0.920. The molecule has 0 aromatic rings. The Bertz CT molecular complexity index is 130. The minimum Gasteiger partial charge on any atom is -0.457 e. The first-order chi connectivity index (χ1) is 4.27. The molecule has 1 heterocycles. The monoisotopic (exact) mass is 126 g/mol. The molecular weight excluding hydrogens is 116 g/mol. The van der Waals surface area contributed by atoms with E-state index in [0.29, 0.717) is 6.42 Å². The van der Waals surface area contributed by atoms with E-state index in [1.807, 2.05) is 6.92 Å². The molecule has 1 rings (SSSR count). The molecule has 9 heavy (non-hydrogen) atoms. The van der Waals surface area contributed by atoms with E-state index in [1.54, 1.807) is 18.6 Å². The Balaban J connectivity index is 2.44. The van der Waals surface area contributed by atoms with E-state index in [1.165, 1.54) is 0 Å². The molecule has 1 aliphatic rings. The maximum atomic E-state index is 5.11. The Morgan fingerprint density at radius 1 is 1.56 bits per heavy atom. The maximum absolute atomic E-state index is 5.11. The summed E-state index contributed by atoms with van der Waals surface area (Å²) in [4.78, 5) is 0. The van der Waals surface area contributed by atoms with Crippen LogP contribution < -0.4 is 0 Å². The Morgan fingerprint density at radius 2 is 2.11 bits per heavy atom. The molecule has 0 N–H and O–H groups in total. The smallest absolute Gasteiger partial charge is 0.250 e. The van der Waals surface area contributed by atoms with Crippen molar-refractivity contribution in [2.75, 3.05) is 0 Å². The van der Waals surface area contributed by atoms with Crippen molar-refractivity contribution >= 4 is 0 Å². The van der Waals surface area contributed by atoms with Gasteiger partial charge in [0, 0.05) is 13.3 Å². The van der Waals surface area contributed by atoms with Gasteiger partial charge in [-0.15, -0.1) is 6.58 Å². The highest BCUT2D eigenvalue weighted by atomic mass is 16.7. The number of ether oxygens (including phenoxy) is 2. The molecule has 0 unspecified atom stereocenters. The minimum absolute atomic E-state index is 0.484. The van der Waals surface area contributed by atoms with Crippen LogP contribution in [0.3, 0.4) is 0 Å². The van der Waals surface area contributed by atoms with Crippen LogP contribution in [-0.4, -0.2) is 5.79 Å². The normalized spacial score (nSPS) is 20.6. The van der Waals surface area contributed by atoms with Crippen LogP contribution in [-0.2, 0) is 9.47 Å². The molecule has 0 fully saturated rings. The standard InChI is InChI=1S/C7H10O2/c1-3-4-7(2)8-5-6-9-7/h3,5-6H,1,4H2,2H3. The molecule has 0 atom stereocenters. The van der Waals surface area contributed by atoms with Gasteiger partial charge in [0.2, 0.25) is 5.79 Å². The zero-order valence-electron chi connectivity index (χ0n) is 5.46. The average molecular weight is 126 g/mol. The molecular formula is C7H10O2. The molecule has 0 saturated carbocycles. The van der Waals surface area contributed by atoms with Gasteiger partial charge in [-0.05, 0) is 0 Å². The third-order valence-electron chi connectivity index (χ3n) is 1.21. The van der Waals surface area contributed by atoms with E-state index in [0.717, 1.165) is 0 Å².